The first-order valence-electron chi connectivity index (χ1n) is 11.0. The van der Waals surface area contributed by atoms with Crippen LogP contribution in [0.1, 0.15) is 50.8 Å². The van der Waals surface area contributed by atoms with Crippen LogP contribution in [0.15, 0.2) is 18.3 Å². The number of anilines is 1. The van der Waals surface area contributed by atoms with Gasteiger partial charge < -0.3 is 10.5 Å². The number of pyridine rings is 1. The summed E-state index contributed by atoms with van der Waals surface area (Å²) >= 11 is 0. The van der Waals surface area contributed by atoms with E-state index in [-0.39, 0.29) is 17.6 Å². The van der Waals surface area contributed by atoms with Crippen LogP contribution in [0.5, 0.6) is 5.75 Å². The number of nitrogens with zero attached hydrogens (tertiary/aromatic N) is 4. The van der Waals surface area contributed by atoms with Gasteiger partial charge in [-0.15, -0.1) is 0 Å². The highest BCUT2D eigenvalue weighted by Crippen LogP contribution is 2.64. The lowest BCUT2D eigenvalue weighted by Gasteiger charge is -2.25. The Labute approximate surface area is 179 Å². The fourth-order valence-corrected chi connectivity index (χ4v) is 5.62. The molecule has 1 saturated heterocycles. The van der Waals surface area contributed by atoms with Gasteiger partial charge in [-0.2, -0.15) is 13.9 Å². The molecule has 0 radical (unpaired) electrons. The topological polar surface area (TPSA) is 69.2 Å². The van der Waals surface area contributed by atoms with Crippen LogP contribution in [-0.4, -0.2) is 51.6 Å². The molecule has 5 atom stereocenters. The fourth-order valence-electron chi connectivity index (χ4n) is 5.62. The Morgan fingerprint density at radius 3 is 2.55 bits per heavy atom. The molecule has 6 nitrogen and oxygen atoms in total. The molecule has 1 aliphatic heterocycles. The van der Waals surface area contributed by atoms with E-state index >= 15 is 0 Å². The van der Waals surface area contributed by atoms with Crippen LogP contribution in [0.4, 0.5) is 19.0 Å². The van der Waals surface area contributed by atoms with E-state index in [9.17, 15) is 13.2 Å². The van der Waals surface area contributed by atoms with Crippen molar-refractivity contribution < 1.29 is 17.9 Å². The van der Waals surface area contributed by atoms with Gasteiger partial charge in [0.2, 0.25) is 0 Å². The van der Waals surface area contributed by atoms with Crippen molar-refractivity contribution in [2.24, 2.45) is 11.8 Å². The van der Waals surface area contributed by atoms with Crippen molar-refractivity contribution in [1.82, 2.24) is 19.7 Å². The largest absolute Gasteiger partial charge is 0.431 e. The Hall–Kier alpha value is -2.29. The van der Waals surface area contributed by atoms with Crippen LogP contribution in [-0.2, 0) is 0 Å². The highest BCUT2D eigenvalue weighted by molar-refractivity contribution is 5.64. The van der Waals surface area contributed by atoms with Gasteiger partial charge in [0, 0.05) is 48.5 Å². The van der Waals surface area contributed by atoms with Crippen LogP contribution in [0.2, 0.25) is 0 Å². The third-order valence-corrected chi connectivity index (χ3v) is 7.09. The van der Waals surface area contributed by atoms with Crippen LogP contribution in [0.3, 0.4) is 0 Å². The van der Waals surface area contributed by atoms with Gasteiger partial charge in [0.1, 0.15) is 6.17 Å². The number of ether oxygens (including phenoxy) is 1. The molecule has 3 fully saturated rings. The number of halogens is 3. The standard InChI is InChI=1S/C22H28F3N5O/c1-11(2)30-18(20-15-6-14(7-16(15)20)29-4-3-13(23)10-29)8-17(28-30)12-5-19(31-22(24)25)21(26)27-9-12/h5,8-9,11,13-16,20,22H,3-4,6-7,10H2,1-2H3,(H2,26,27)/t13-,14?,15-,16+,20?/m0/s1. The predicted molar refractivity (Wildman–Crippen MR) is 111 cm³/mol. The van der Waals surface area contributed by atoms with E-state index in [1.54, 1.807) is 0 Å². The molecule has 2 aliphatic carbocycles. The molecule has 2 unspecified atom stereocenters. The van der Waals surface area contributed by atoms with E-state index in [1.165, 1.54) is 18.0 Å². The lowest BCUT2D eigenvalue weighted by atomic mass is 10.0. The smallest absolute Gasteiger partial charge is 0.387 e. The number of aromatic nitrogens is 3. The first kappa shape index (κ1) is 20.6. The van der Waals surface area contributed by atoms with Crippen molar-refractivity contribution in [1.29, 1.82) is 0 Å². The number of likely N-dealkylation sites (tertiary alicyclic amines) is 1. The number of alkyl halides is 3. The molecule has 3 heterocycles. The minimum Gasteiger partial charge on any atom is -0.431 e. The molecule has 0 aromatic carbocycles. The number of rotatable bonds is 6. The van der Waals surface area contributed by atoms with Crippen molar-refractivity contribution in [2.75, 3.05) is 18.8 Å². The SMILES string of the molecule is CC(C)n1nc(-c2cnc(N)c(OC(F)F)c2)cc1C1[C@H]2CC(N3CC[C@H](F)C3)C[C@@H]12. The van der Waals surface area contributed by atoms with Crippen molar-refractivity contribution in [3.8, 4) is 17.0 Å². The molecule has 9 heteroatoms. The molecule has 168 valence electrons. The Balaban J connectivity index is 1.36. The molecule has 31 heavy (non-hydrogen) atoms. The van der Waals surface area contributed by atoms with Gasteiger partial charge in [-0.25, -0.2) is 9.37 Å². The summed E-state index contributed by atoms with van der Waals surface area (Å²) in [5.74, 6) is 1.44. The lowest BCUT2D eigenvalue weighted by Crippen LogP contribution is -2.33. The first-order chi connectivity index (χ1) is 14.8. The molecule has 2 aromatic heterocycles. The van der Waals surface area contributed by atoms with Gasteiger partial charge in [-0.1, -0.05) is 0 Å². The van der Waals surface area contributed by atoms with Crippen molar-refractivity contribution >= 4 is 5.82 Å². The monoisotopic (exact) mass is 435 g/mol. The van der Waals surface area contributed by atoms with Gasteiger partial charge in [0.25, 0.3) is 0 Å². The van der Waals surface area contributed by atoms with Crippen molar-refractivity contribution in [2.45, 2.75) is 63.9 Å². The van der Waals surface area contributed by atoms with Crippen molar-refractivity contribution in [3.05, 3.63) is 24.0 Å². The second-order valence-electron chi connectivity index (χ2n) is 9.34. The summed E-state index contributed by atoms with van der Waals surface area (Å²) in [5, 5.41) is 4.76. The Bertz CT molecular complexity index is 953. The van der Waals surface area contributed by atoms with Gasteiger partial charge in [-0.05, 0) is 57.1 Å². The zero-order valence-electron chi connectivity index (χ0n) is 17.7. The molecule has 2 aromatic rings. The van der Waals surface area contributed by atoms with Gasteiger partial charge in [-0.3, -0.25) is 9.58 Å². The Kier molecular flexibility index (Phi) is 5.11. The number of hydrogen-bond donors (Lipinski definition) is 1. The fraction of sp³-hybridized carbons (Fsp3) is 0.636. The van der Waals surface area contributed by atoms with Crippen LogP contribution < -0.4 is 10.5 Å². The summed E-state index contributed by atoms with van der Waals surface area (Å²) in [6.07, 6.45) is 3.73. The molecule has 0 amide bonds. The van der Waals surface area contributed by atoms with E-state index in [1.807, 2.05) is 10.7 Å². The maximum absolute atomic E-state index is 13.6. The molecular weight excluding hydrogens is 407 g/mol. The lowest BCUT2D eigenvalue weighted by molar-refractivity contribution is -0.0494. The number of nitrogens with two attached hydrogens (primary N) is 1. The zero-order valence-corrected chi connectivity index (χ0v) is 17.7. The second-order valence-corrected chi connectivity index (χ2v) is 9.34. The van der Waals surface area contributed by atoms with Gasteiger partial charge in [0.05, 0.1) is 5.69 Å². The minimum absolute atomic E-state index is 0.0761. The highest BCUT2D eigenvalue weighted by atomic mass is 19.3. The predicted octanol–water partition coefficient (Wildman–Crippen LogP) is 4.25. The Morgan fingerprint density at radius 2 is 1.94 bits per heavy atom. The van der Waals surface area contributed by atoms with E-state index in [4.69, 9.17) is 10.8 Å². The molecule has 2 N–H and O–H groups in total. The van der Waals surface area contributed by atoms with Gasteiger partial charge in [0.15, 0.2) is 11.6 Å². The van der Waals surface area contributed by atoms with Gasteiger partial charge >= 0.3 is 6.61 Å². The third kappa shape index (κ3) is 3.77. The summed E-state index contributed by atoms with van der Waals surface area (Å²) in [7, 11) is 0. The maximum Gasteiger partial charge on any atom is 0.387 e. The molecule has 5 rings (SSSR count). The maximum atomic E-state index is 13.6. The van der Waals surface area contributed by atoms with Crippen molar-refractivity contribution in [3.63, 3.8) is 0 Å². The van der Waals surface area contributed by atoms with Crippen LogP contribution >= 0.6 is 0 Å². The molecular formula is C22H28F3N5O. The minimum atomic E-state index is -2.97. The summed E-state index contributed by atoms with van der Waals surface area (Å²) in [6.45, 7) is 2.65. The summed E-state index contributed by atoms with van der Waals surface area (Å²) in [5.41, 5.74) is 8.12. The highest BCUT2D eigenvalue weighted by Gasteiger charge is 2.59. The quantitative estimate of drug-likeness (QED) is 0.735. The van der Waals surface area contributed by atoms with E-state index in [0.29, 0.717) is 48.0 Å². The molecule has 2 saturated carbocycles. The summed E-state index contributed by atoms with van der Waals surface area (Å²) in [6, 6.07) is 4.18. The zero-order chi connectivity index (χ0) is 21.9. The normalized spacial score (nSPS) is 30.4. The Morgan fingerprint density at radius 1 is 1.19 bits per heavy atom. The molecule has 3 aliphatic rings. The van der Waals surface area contributed by atoms with Crippen LogP contribution in [0, 0.1) is 11.8 Å². The molecule has 0 bridgehead atoms. The van der Waals surface area contributed by atoms with Crippen LogP contribution in [0.25, 0.3) is 11.3 Å². The second kappa shape index (κ2) is 7.69. The third-order valence-electron chi connectivity index (χ3n) is 7.09. The number of fused-ring (bicyclic) bond motifs is 1. The number of nitrogen functional groups attached to an aromatic ring is 1. The molecule has 0 spiro atoms. The number of hydrogen-bond acceptors (Lipinski definition) is 5. The summed E-state index contributed by atoms with van der Waals surface area (Å²) in [4.78, 5) is 6.33. The summed E-state index contributed by atoms with van der Waals surface area (Å²) < 4.78 is 45.5. The average molecular weight is 435 g/mol. The van der Waals surface area contributed by atoms with E-state index in [2.05, 4.69) is 28.5 Å². The van der Waals surface area contributed by atoms with E-state index < -0.39 is 12.8 Å². The van der Waals surface area contributed by atoms with E-state index in [0.717, 1.165) is 19.4 Å². The average Bonchev–Trinajstić information content (AvgIpc) is 3.16. The first-order valence-corrected chi connectivity index (χ1v) is 11.0.